The van der Waals surface area contributed by atoms with Gasteiger partial charge in [0, 0.05) is 50.2 Å². The van der Waals surface area contributed by atoms with Crippen LogP contribution in [0.1, 0.15) is 0 Å². The first kappa shape index (κ1) is 30.3. The van der Waals surface area contributed by atoms with E-state index in [0.29, 0.717) is 5.89 Å². The Balaban J connectivity index is 1.05. The van der Waals surface area contributed by atoms with E-state index in [1.807, 2.05) is 60.7 Å². The van der Waals surface area contributed by atoms with Gasteiger partial charge < -0.3 is 18.2 Å². The third-order valence-electron chi connectivity index (χ3n) is 10.3. The van der Waals surface area contributed by atoms with Crippen LogP contribution >= 0.6 is 0 Å². The van der Waals surface area contributed by atoms with Crippen molar-refractivity contribution in [2.75, 3.05) is 4.90 Å². The molecule has 0 radical (unpaired) electrons. The van der Waals surface area contributed by atoms with Gasteiger partial charge >= 0.3 is 0 Å². The zero-order valence-corrected chi connectivity index (χ0v) is 28.9. The van der Waals surface area contributed by atoms with Crippen LogP contribution in [0.4, 0.5) is 17.1 Å². The fraction of sp³-hybridized carbons (Fsp3) is 0. The number of benzene rings is 8. The maximum Gasteiger partial charge on any atom is 0.228 e. The maximum absolute atomic E-state index is 6.58. The third kappa shape index (κ3) is 4.98. The van der Waals surface area contributed by atoms with E-state index in [-0.39, 0.29) is 0 Å². The highest BCUT2D eigenvalue weighted by Crippen LogP contribution is 2.43. The molecule has 0 aliphatic heterocycles. The standard InChI is InChI=1S/C49H30N2O3/c1-2-10-31(11-3-1)33-12-8-13-34(28-33)32-20-22-35(23-21-32)51(36-25-27-44-41(29-36)38-14-4-6-17-43(38)52-44)37-24-26-39-47(30-37)53-46-19-9-15-40(48(39)46)49-50-42-16-5-7-18-45(42)54-49/h1-30H. The molecule has 0 bridgehead atoms. The van der Waals surface area contributed by atoms with E-state index in [1.165, 1.54) is 16.7 Å². The summed E-state index contributed by atoms with van der Waals surface area (Å²) in [6, 6.07) is 62.9. The minimum Gasteiger partial charge on any atom is -0.456 e. The smallest absolute Gasteiger partial charge is 0.228 e. The molecular formula is C49H30N2O3. The van der Waals surface area contributed by atoms with Crippen LogP contribution in [0.15, 0.2) is 195 Å². The van der Waals surface area contributed by atoms with Crippen molar-refractivity contribution in [3.05, 3.63) is 182 Å². The predicted molar refractivity (Wildman–Crippen MR) is 220 cm³/mol. The number of nitrogens with zero attached hydrogens (tertiary/aromatic N) is 2. The predicted octanol–water partition coefficient (Wildman–Crippen LogP) is 14.1. The highest BCUT2D eigenvalue weighted by Gasteiger charge is 2.20. The second-order valence-electron chi connectivity index (χ2n) is 13.6. The Morgan fingerprint density at radius 3 is 1.83 bits per heavy atom. The van der Waals surface area contributed by atoms with E-state index in [1.54, 1.807) is 0 Å². The molecule has 54 heavy (non-hydrogen) atoms. The lowest BCUT2D eigenvalue weighted by atomic mass is 9.99. The molecule has 0 saturated heterocycles. The summed E-state index contributed by atoms with van der Waals surface area (Å²) >= 11 is 0. The van der Waals surface area contributed by atoms with Crippen LogP contribution in [0, 0.1) is 0 Å². The largest absolute Gasteiger partial charge is 0.456 e. The van der Waals surface area contributed by atoms with E-state index in [2.05, 4.69) is 126 Å². The average molecular weight is 695 g/mol. The summed E-state index contributed by atoms with van der Waals surface area (Å²) in [7, 11) is 0. The van der Waals surface area contributed by atoms with Crippen LogP contribution in [0.5, 0.6) is 0 Å². The second-order valence-corrected chi connectivity index (χ2v) is 13.6. The van der Waals surface area contributed by atoms with Crippen molar-refractivity contribution in [1.29, 1.82) is 0 Å². The molecule has 0 N–H and O–H groups in total. The van der Waals surface area contributed by atoms with Gasteiger partial charge in [0.05, 0.1) is 0 Å². The molecule has 11 rings (SSSR count). The number of rotatable bonds is 6. The topological polar surface area (TPSA) is 55.6 Å². The summed E-state index contributed by atoms with van der Waals surface area (Å²) < 4.78 is 19.0. The molecule has 254 valence electrons. The highest BCUT2D eigenvalue weighted by atomic mass is 16.4. The first-order valence-corrected chi connectivity index (χ1v) is 18.0. The molecule has 11 aromatic rings. The number of anilines is 3. The zero-order chi connectivity index (χ0) is 35.6. The van der Waals surface area contributed by atoms with Crippen LogP contribution in [-0.2, 0) is 0 Å². The molecule has 0 spiro atoms. The Bertz CT molecular complexity index is 3140. The Morgan fingerprint density at radius 2 is 0.981 bits per heavy atom. The van der Waals surface area contributed by atoms with Gasteiger partial charge in [0.2, 0.25) is 5.89 Å². The normalized spacial score (nSPS) is 11.7. The van der Waals surface area contributed by atoms with Gasteiger partial charge in [-0.05, 0) is 101 Å². The summed E-state index contributed by atoms with van der Waals surface area (Å²) in [5, 5.41) is 4.12. The molecule has 3 aromatic heterocycles. The number of hydrogen-bond acceptors (Lipinski definition) is 5. The molecule has 0 fully saturated rings. The third-order valence-corrected chi connectivity index (χ3v) is 10.3. The van der Waals surface area contributed by atoms with E-state index < -0.39 is 0 Å². The fourth-order valence-corrected chi connectivity index (χ4v) is 7.73. The molecule has 0 aliphatic carbocycles. The van der Waals surface area contributed by atoms with E-state index in [9.17, 15) is 0 Å². The molecule has 0 saturated carbocycles. The van der Waals surface area contributed by atoms with Gasteiger partial charge in [-0.25, -0.2) is 4.98 Å². The SMILES string of the molecule is c1ccc(-c2cccc(-c3ccc(N(c4ccc5c(c4)oc4cccc(-c6nc7ccccc7o6)c45)c4ccc5oc6ccccc6c5c4)cc3)c2)cc1. The molecule has 3 heterocycles. The molecular weight excluding hydrogens is 665 g/mol. The lowest BCUT2D eigenvalue weighted by Gasteiger charge is -2.26. The first-order valence-electron chi connectivity index (χ1n) is 18.0. The summed E-state index contributed by atoms with van der Waals surface area (Å²) in [4.78, 5) is 7.09. The average Bonchev–Trinajstić information content (AvgIpc) is 3.95. The van der Waals surface area contributed by atoms with Crippen molar-refractivity contribution < 1.29 is 13.3 Å². The van der Waals surface area contributed by atoms with Gasteiger partial charge in [0.25, 0.3) is 0 Å². The van der Waals surface area contributed by atoms with Crippen molar-refractivity contribution in [3.8, 4) is 33.7 Å². The van der Waals surface area contributed by atoms with Crippen molar-refractivity contribution in [2.45, 2.75) is 0 Å². The number of para-hydroxylation sites is 3. The summed E-state index contributed by atoms with van der Waals surface area (Å²) in [5.41, 5.74) is 13.5. The number of furan rings is 2. The number of hydrogen-bond donors (Lipinski definition) is 0. The van der Waals surface area contributed by atoms with Gasteiger partial charge in [0.15, 0.2) is 5.58 Å². The van der Waals surface area contributed by atoms with Crippen molar-refractivity contribution in [1.82, 2.24) is 4.98 Å². The maximum atomic E-state index is 6.58. The van der Waals surface area contributed by atoms with Crippen LogP contribution in [0.25, 0.3) is 88.7 Å². The molecule has 8 aromatic carbocycles. The van der Waals surface area contributed by atoms with Crippen molar-refractivity contribution >= 4 is 72.0 Å². The van der Waals surface area contributed by atoms with Crippen LogP contribution < -0.4 is 4.90 Å². The van der Waals surface area contributed by atoms with E-state index >= 15 is 0 Å². The van der Waals surface area contributed by atoms with Crippen molar-refractivity contribution in [2.24, 2.45) is 0 Å². The zero-order valence-electron chi connectivity index (χ0n) is 28.9. The molecule has 0 unspecified atom stereocenters. The van der Waals surface area contributed by atoms with Gasteiger partial charge in [0.1, 0.15) is 27.8 Å². The fourth-order valence-electron chi connectivity index (χ4n) is 7.73. The lowest BCUT2D eigenvalue weighted by Crippen LogP contribution is -2.09. The van der Waals surface area contributed by atoms with Gasteiger partial charge in [-0.1, -0.05) is 97.1 Å². The quantitative estimate of drug-likeness (QED) is 0.173. The van der Waals surface area contributed by atoms with Crippen LogP contribution in [0.3, 0.4) is 0 Å². The number of oxazole rings is 1. The van der Waals surface area contributed by atoms with Crippen molar-refractivity contribution in [3.63, 3.8) is 0 Å². The molecule has 0 aliphatic rings. The van der Waals surface area contributed by atoms with E-state index in [0.717, 1.165) is 83.2 Å². The summed E-state index contributed by atoms with van der Waals surface area (Å²) in [6.45, 7) is 0. The van der Waals surface area contributed by atoms with Gasteiger partial charge in [-0.3, -0.25) is 0 Å². The van der Waals surface area contributed by atoms with E-state index in [4.69, 9.17) is 18.2 Å². The second kappa shape index (κ2) is 12.1. The Labute approximate surface area is 309 Å². The summed E-state index contributed by atoms with van der Waals surface area (Å²) in [5.74, 6) is 0.574. The number of fused-ring (bicyclic) bond motifs is 7. The monoisotopic (exact) mass is 694 g/mol. The van der Waals surface area contributed by atoms with Gasteiger partial charge in [-0.15, -0.1) is 0 Å². The Kier molecular flexibility index (Phi) is 6.79. The summed E-state index contributed by atoms with van der Waals surface area (Å²) in [6.07, 6.45) is 0. The van der Waals surface area contributed by atoms with Crippen LogP contribution in [0.2, 0.25) is 0 Å². The lowest BCUT2D eigenvalue weighted by molar-refractivity contribution is 0.620. The Hall–Kier alpha value is -7.37. The Morgan fingerprint density at radius 1 is 0.352 bits per heavy atom. The number of aromatic nitrogens is 1. The molecule has 0 atom stereocenters. The highest BCUT2D eigenvalue weighted by molar-refractivity contribution is 6.13. The first-order chi connectivity index (χ1) is 26.7. The van der Waals surface area contributed by atoms with Crippen LogP contribution in [-0.4, -0.2) is 4.98 Å². The van der Waals surface area contributed by atoms with Gasteiger partial charge in [-0.2, -0.15) is 0 Å². The minimum absolute atomic E-state index is 0.574. The molecule has 5 nitrogen and oxygen atoms in total. The molecule has 0 amide bonds. The molecule has 5 heteroatoms. The minimum atomic E-state index is 0.574.